The highest BCUT2D eigenvalue weighted by atomic mass is 35.5. The minimum atomic E-state index is -3.75. The van der Waals surface area contributed by atoms with Gasteiger partial charge in [0.05, 0.1) is 23.1 Å². The van der Waals surface area contributed by atoms with Crippen molar-refractivity contribution in [2.45, 2.75) is 10.8 Å². The molecule has 2 aromatic heterocycles. The van der Waals surface area contributed by atoms with Gasteiger partial charge in [0, 0.05) is 23.2 Å². The molecule has 7 heteroatoms. The minimum absolute atomic E-state index is 0.0266. The van der Waals surface area contributed by atoms with Gasteiger partial charge in [-0.15, -0.1) is 0 Å². The maximum atomic E-state index is 13.1. The second-order valence-electron chi connectivity index (χ2n) is 5.42. The molecule has 118 valence electrons. The highest BCUT2D eigenvalue weighted by Crippen LogP contribution is 2.34. The van der Waals surface area contributed by atoms with Crippen molar-refractivity contribution in [2.75, 3.05) is 13.2 Å². The molecule has 3 aromatic rings. The monoisotopic (exact) mass is 348 g/mol. The van der Waals surface area contributed by atoms with E-state index in [-0.39, 0.29) is 10.8 Å². The van der Waals surface area contributed by atoms with Gasteiger partial charge in [-0.3, -0.25) is 0 Å². The fourth-order valence-electron chi connectivity index (χ4n) is 2.70. The first-order valence-electron chi connectivity index (χ1n) is 7.13. The summed E-state index contributed by atoms with van der Waals surface area (Å²) in [6, 6.07) is 11.8. The Morgan fingerprint density at radius 3 is 2.57 bits per heavy atom. The molecular weight excluding hydrogens is 336 g/mol. The molecule has 0 radical (unpaired) electrons. The van der Waals surface area contributed by atoms with E-state index in [1.54, 1.807) is 42.5 Å². The molecule has 0 amide bonds. The van der Waals surface area contributed by atoms with Gasteiger partial charge < -0.3 is 4.74 Å². The molecule has 1 saturated heterocycles. The minimum Gasteiger partial charge on any atom is -0.380 e. The van der Waals surface area contributed by atoms with Gasteiger partial charge in [-0.2, -0.15) is 0 Å². The van der Waals surface area contributed by atoms with Gasteiger partial charge in [-0.25, -0.2) is 17.4 Å². The molecule has 23 heavy (non-hydrogen) atoms. The molecule has 1 aliphatic rings. The van der Waals surface area contributed by atoms with E-state index < -0.39 is 10.0 Å². The van der Waals surface area contributed by atoms with Crippen LogP contribution in [0.2, 0.25) is 5.02 Å². The molecule has 0 N–H and O–H groups in total. The van der Waals surface area contributed by atoms with Gasteiger partial charge >= 0.3 is 0 Å². The molecule has 0 atom stereocenters. The third kappa shape index (κ3) is 2.25. The highest BCUT2D eigenvalue weighted by molar-refractivity contribution is 7.90. The van der Waals surface area contributed by atoms with Gasteiger partial charge in [-0.1, -0.05) is 29.8 Å². The zero-order valence-corrected chi connectivity index (χ0v) is 13.6. The summed E-state index contributed by atoms with van der Waals surface area (Å²) in [5.41, 5.74) is 1.01. The van der Waals surface area contributed by atoms with E-state index >= 15 is 0 Å². The second kappa shape index (κ2) is 5.33. The zero-order chi connectivity index (χ0) is 16.0. The first-order chi connectivity index (χ1) is 11.1. The topological polar surface area (TPSA) is 61.2 Å². The van der Waals surface area contributed by atoms with Crippen LogP contribution in [-0.2, 0) is 14.8 Å². The van der Waals surface area contributed by atoms with E-state index in [4.69, 9.17) is 16.3 Å². The number of aromatic nitrogens is 2. The Morgan fingerprint density at radius 1 is 1.17 bits per heavy atom. The first kappa shape index (κ1) is 14.7. The maximum absolute atomic E-state index is 13.1. The number of fused-ring (bicyclic) bond motifs is 1. The Bertz CT molecular complexity index is 979. The normalized spacial score (nSPS) is 15.7. The number of rotatable bonds is 3. The van der Waals surface area contributed by atoms with Gasteiger partial charge in [-0.05, 0) is 24.3 Å². The molecule has 0 saturated carbocycles. The van der Waals surface area contributed by atoms with Crippen molar-refractivity contribution in [1.82, 2.24) is 8.96 Å². The smallest absolute Gasteiger partial charge is 0.269 e. The molecule has 5 nitrogen and oxygen atoms in total. The average Bonchev–Trinajstić information content (AvgIpc) is 2.87. The van der Waals surface area contributed by atoms with Crippen molar-refractivity contribution in [2.24, 2.45) is 0 Å². The average molecular weight is 349 g/mol. The largest absolute Gasteiger partial charge is 0.380 e. The molecule has 0 spiro atoms. The van der Waals surface area contributed by atoms with Crippen LogP contribution in [0.1, 0.15) is 11.6 Å². The predicted molar refractivity (Wildman–Crippen MR) is 87.3 cm³/mol. The van der Waals surface area contributed by atoms with E-state index in [0.29, 0.717) is 35.0 Å². The molecule has 0 unspecified atom stereocenters. The maximum Gasteiger partial charge on any atom is 0.269 e. The van der Waals surface area contributed by atoms with Crippen molar-refractivity contribution < 1.29 is 13.2 Å². The van der Waals surface area contributed by atoms with Crippen LogP contribution >= 0.6 is 11.6 Å². The summed E-state index contributed by atoms with van der Waals surface area (Å²) in [6.45, 7) is 0.997. The van der Waals surface area contributed by atoms with E-state index in [1.165, 1.54) is 10.2 Å². The first-order valence-corrected chi connectivity index (χ1v) is 8.95. The molecule has 0 bridgehead atoms. The van der Waals surface area contributed by atoms with Crippen LogP contribution in [0.3, 0.4) is 0 Å². The number of hydrogen-bond donors (Lipinski definition) is 0. The molecule has 1 aliphatic heterocycles. The highest BCUT2D eigenvalue weighted by Gasteiger charge is 2.31. The molecular formula is C16H13ClN2O3S. The fraction of sp³-hybridized carbons (Fsp3) is 0.188. The van der Waals surface area contributed by atoms with E-state index in [1.807, 2.05) is 0 Å². The standard InChI is InChI=1S/C16H13ClN2O3S/c17-14-6-7-18-16-13(14)8-15(11-9-22-10-11)19(16)23(20,21)12-4-2-1-3-5-12/h1-8,11H,9-10H2. The predicted octanol–water partition coefficient (Wildman–Crippen LogP) is 3.04. The summed E-state index contributed by atoms with van der Waals surface area (Å²) < 4.78 is 32.8. The van der Waals surface area contributed by atoms with Crippen LogP contribution in [0, 0.1) is 0 Å². The summed E-state index contributed by atoms with van der Waals surface area (Å²) in [5, 5.41) is 1.12. The van der Waals surface area contributed by atoms with Crippen LogP contribution in [0.5, 0.6) is 0 Å². The van der Waals surface area contributed by atoms with Crippen molar-refractivity contribution >= 4 is 32.7 Å². The summed E-state index contributed by atoms with van der Waals surface area (Å²) in [5.74, 6) is 0.0266. The van der Waals surface area contributed by atoms with Crippen molar-refractivity contribution in [3.05, 3.63) is 59.4 Å². The second-order valence-corrected chi connectivity index (χ2v) is 7.61. The van der Waals surface area contributed by atoms with Crippen molar-refractivity contribution in [3.8, 4) is 0 Å². The quantitative estimate of drug-likeness (QED) is 0.730. The van der Waals surface area contributed by atoms with Crippen LogP contribution in [0.4, 0.5) is 0 Å². The third-order valence-corrected chi connectivity index (χ3v) is 6.03. The number of pyridine rings is 1. The van der Waals surface area contributed by atoms with E-state index in [0.717, 1.165) is 0 Å². The number of ether oxygens (including phenoxy) is 1. The van der Waals surface area contributed by atoms with Crippen molar-refractivity contribution in [3.63, 3.8) is 0 Å². The van der Waals surface area contributed by atoms with Crippen LogP contribution in [0.25, 0.3) is 11.0 Å². The van der Waals surface area contributed by atoms with E-state index in [2.05, 4.69) is 4.98 Å². The fourth-order valence-corrected chi connectivity index (χ4v) is 4.46. The lowest BCUT2D eigenvalue weighted by molar-refractivity contribution is 0.00656. The molecule has 0 aliphatic carbocycles. The number of nitrogens with zero attached hydrogens (tertiary/aromatic N) is 2. The molecule has 4 rings (SSSR count). The Hall–Kier alpha value is -1.89. The molecule has 1 fully saturated rings. The Labute approximate surface area is 138 Å². The van der Waals surface area contributed by atoms with Crippen LogP contribution in [-0.4, -0.2) is 30.6 Å². The number of hydrogen-bond acceptors (Lipinski definition) is 4. The summed E-state index contributed by atoms with van der Waals surface area (Å²) in [7, 11) is -3.75. The lowest BCUT2D eigenvalue weighted by atomic mass is 10.0. The Balaban J connectivity index is 2.03. The number of halogens is 1. The van der Waals surface area contributed by atoms with Gasteiger partial charge in [0.25, 0.3) is 10.0 Å². The summed E-state index contributed by atoms with van der Waals surface area (Å²) in [6.07, 6.45) is 1.52. The molecule has 1 aromatic carbocycles. The lowest BCUT2D eigenvalue weighted by Crippen LogP contribution is -2.29. The van der Waals surface area contributed by atoms with Crippen LogP contribution in [0.15, 0.2) is 53.6 Å². The van der Waals surface area contributed by atoms with Crippen molar-refractivity contribution in [1.29, 1.82) is 0 Å². The van der Waals surface area contributed by atoms with Gasteiger partial charge in [0.2, 0.25) is 0 Å². The van der Waals surface area contributed by atoms with E-state index in [9.17, 15) is 8.42 Å². The SMILES string of the molecule is O=S(=O)(c1ccccc1)n1c(C2COC2)cc2c(Cl)ccnc21. The summed E-state index contributed by atoms with van der Waals surface area (Å²) >= 11 is 6.22. The van der Waals surface area contributed by atoms with Gasteiger partial charge in [0.15, 0.2) is 5.65 Å². The zero-order valence-electron chi connectivity index (χ0n) is 12.0. The Kier molecular flexibility index (Phi) is 3.41. The van der Waals surface area contributed by atoms with Crippen LogP contribution < -0.4 is 0 Å². The third-order valence-electron chi connectivity index (χ3n) is 3.97. The number of benzene rings is 1. The Morgan fingerprint density at radius 2 is 1.91 bits per heavy atom. The van der Waals surface area contributed by atoms with Gasteiger partial charge in [0.1, 0.15) is 0 Å². The molecule has 3 heterocycles. The lowest BCUT2D eigenvalue weighted by Gasteiger charge is -2.27. The summed E-state index contributed by atoms with van der Waals surface area (Å²) in [4.78, 5) is 4.48.